The van der Waals surface area contributed by atoms with Gasteiger partial charge in [0.05, 0.1) is 17.9 Å². The molecular formula is C13H18O6. The molecule has 3 unspecified atom stereocenters. The lowest BCUT2D eigenvalue weighted by Gasteiger charge is -2.31. The number of rotatable bonds is 6. The Labute approximate surface area is 111 Å². The quantitative estimate of drug-likeness (QED) is 0.701. The first-order chi connectivity index (χ1) is 8.82. The summed E-state index contributed by atoms with van der Waals surface area (Å²) in [6.07, 6.45) is 0.429. The number of carboxylic acids is 2. The van der Waals surface area contributed by atoms with Crippen molar-refractivity contribution in [3.8, 4) is 0 Å². The molecule has 19 heavy (non-hydrogen) atoms. The molecule has 0 radical (unpaired) electrons. The predicted molar refractivity (Wildman–Crippen MR) is 65.7 cm³/mol. The van der Waals surface area contributed by atoms with E-state index in [2.05, 4.69) is 6.58 Å². The molecule has 0 bridgehead atoms. The minimum Gasteiger partial charge on any atom is -0.481 e. The van der Waals surface area contributed by atoms with E-state index in [4.69, 9.17) is 14.9 Å². The normalized spacial score (nSPS) is 26.7. The van der Waals surface area contributed by atoms with E-state index in [0.29, 0.717) is 12.0 Å². The van der Waals surface area contributed by atoms with Crippen LogP contribution in [0.5, 0.6) is 0 Å². The van der Waals surface area contributed by atoms with Gasteiger partial charge in [-0.3, -0.25) is 14.4 Å². The van der Waals surface area contributed by atoms with Crippen molar-refractivity contribution in [2.45, 2.75) is 32.3 Å². The highest BCUT2D eigenvalue weighted by atomic mass is 16.5. The van der Waals surface area contributed by atoms with E-state index in [-0.39, 0.29) is 31.3 Å². The Morgan fingerprint density at radius 1 is 1.16 bits per heavy atom. The summed E-state index contributed by atoms with van der Waals surface area (Å²) in [4.78, 5) is 33.4. The molecule has 1 rings (SSSR count). The molecule has 0 aromatic carbocycles. The van der Waals surface area contributed by atoms with Crippen molar-refractivity contribution in [3.05, 3.63) is 12.2 Å². The third kappa shape index (κ3) is 4.17. The van der Waals surface area contributed by atoms with Crippen LogP contribution in [0.4, 0.5) is 0 Å². The first-order valence-corrected chi connectivity index (χ1v) is 6.08. The molecule has 3 atom stereocenters. The first-order valence-electron chi connectivity index (χ1n) is 6.08. The van der Waals surface area contributed by atoms with Crippen molar-refractivity contribution in [3.63, 3.8) is 0 Å². The Morgan fingerprint density at radius 2 is 1.74 bits per heavy atom. The molecule has 0 aromatic heterocycles. The maximum Gasteiger partial charge on any atom is 0.307 e. The summed E-state index contributed by atoms with van der Waals surface area (Å²) in [5.74, 6) is -4.30. The number of hydrogen-bond donors (Lipinski definition) is 2. The molecule has 2 N–H and O–H groups in total. The summed E-state index contributed by atoms with van der Waals surface area (Å²) in [6, 6.07) is 0. The fraction of sp³-hybridized carbons (Fsp3) is 0.615. The molecule has 6 heteroatoms. The van der Waals surface area contributed by atoms with Crippen LogP contribution in [-0.4, -0.2) is 40.6 Å². The van der Waals surface area contributed by atoms with Gasteiger partial charge in [-0.2, -0.15) is 0 Å². The zero-order valence-electron chi connectivity index (χ0n) is 10.8. The lowest BCUT2D eigenvalue weighted by atomic mass is 9.78. The lowest BCUT2D eigenvalue weighted by Crippen LogP contribution is -2.38. The number of carbonyl (C=O) groups is 3. The van der Waals surface area contributed by atoms with Crippen LogP contribution in [0.1, 0.15) is 26.2 Å². The molecule has 1 aliphatic carbocycles. The van der Waals surface area contributed by atoms with Crippen LogP contribution < -0.4 is 0 Å². The van der Waals surface area contributed by atoms with Gasteiger partial charge >= 0.3 is 11.9 Å². The van der Waals surface area contributed by atoms with Gasteiger partial charge in [0, 0.05) is 0 Å². The van der Waals surface area contributed by atoms with E-state index < -0.39 is 23.8 Å². The third-order valence-electron chi connectivity index (χ3n) is 3.36. The van der Waals surface area contributed by atoms with E-state index in [1.54, 1.807) is 6.92 Å². The fourth-order valence-corrected chi connectivity index (χ4v) is 2.17. The second kappa shape index (κ2) is 6.47. The van der Waals surface area contributed by atoms with Gasteiger partial charge in [-0.15, -0.1) is 0 Å². The van der Waals surface area contributed by atoms with Crippen molar-refractivity contribution in [2.24, 2.45) is 11.8 Å². The van der Waals surface area contributed by atoms with Gasteiger partial charge in [-0.05, 0) is 31.8 Å². The van der Waals surface area contributed by atoms with Gasteiger partial charge in [0.15, 0.2) is 5.78 Å². The summed E-state index contributed by atoms with van der Waals surface area (Å²) in [5, 5.41) is 18.0. The average molecular weight is 270 g/mol. The van der Waals surface area contributed by atoms with Crippen molar-refractivity contribution >= 4 is 17.7 Å². The van der Waals surface area contributed by atoms with Gasteiger partial charge < -0.3 is 14.9 Å². The Morgan fingerprint density at radius 3 is 2.21 bits per heavy atom. The Hall–Kier alpha value is -1.69. The van der Waals surface area contributed by atoms with Crippen LogP contribution in [0.25, 0.3) is 0 Å². The minimum absolute atomic E-state index is 0.121. The summed E-state index contributed by atoms with van der Waals surface area (Å²) in [6.45, 7) is 4.94. The van der Waals surface area contributed by atoms with Crippen LogP contribution in [-0.2, 0) is 19.1 Å². The standard InChI is InChI=1S/C13H18O6/c1-7(2)11(14)6-19-8-3-4-9(12(15)16)10(5-8)13(17)18/h8-10H,1,3-6H2,2H3,(H,15,16)(H,17,18). The molecule has 1 aliphatic rings. The predicted octanol–water partition coefficient (Wildman–Crippen LogP) is 1.10. The SMILES string of the molecule is C=C(C)C(=O)COC1CCC(C(=O)O)C(C(=O)O)C1. The number of Topliss-reactive ketones (excluding diaryl/α,β-unsaturated/α-hetero) is 1. The van der Waals surface area contributed by atoms with Crippen LogP contribution in [0.2, 0.25) is 0 Å². The molecule has 0 spiro atoms. The van der Waals surface area contributed by atoms with E-state index in [0.717, 1.165) is 0 Å². The van der Waals surface area contributed by atoms with E-state index in [1.165, 1.54) is 0 Å². The maximum absolute atomic E-state index is 11.3. The number of ketones is 1. The molecule has 1 saturated carbocycles. The zero-order chi connectivity index (χ0) is 14.6. The molecule has 0 aromatic rings. The van der Waals surface area contributed by atoms with Crippen LogP contribution >= 0.6 is 0 Å². The highest BCUT2D eigenvalue weighted by molar-refractivity contribution is 5.95. The van der Waals surface area contributed by atoms with E-state index in [9.17, 15) is 14.4 Å². The monoisotopic (exact) mass is 270 g/mol. The van der Waals surface area contributed by atoms with Crippen molar-refractivity contribution in [1.82, 2.24) is 0 Å². The third-order valence-corrected chi connectivity index (χ3v) is 3.36. The smallest absolute Gasteiger partial charge is 0.307 e. The van der Waals surface area contributed by atoms with E-state index in [1.807, 2.05) is 0 Å². The first kappa shape index (κ1) is 15.4. The number of hydrogen-bond acceptors (Lipinski definition) is 4. The fourth-order valence-electron chi connectivity index (χ4n) is 2.17. The molecule has 0 aliphatic heterocycles. The highest BCUT2D eigenvalue weighted by Crippen LogP contribution is 2.32. The molecule has 6 nitrogen and oxygen atoms in total. The van der Waals surface area contributed by atoms with Gasteiger partial charge in [-0.25, -0.2) is 0 Å². The van der Waals surface area contributed by atoms with Crippen LogP contribution in [0, 0.1) is 11.8 Å². The molecule has 106 valence electrons. The molecule has 0 amide bonds. The van der Waals surface area contributed by atoms with Gasteiger partial charge in [-0.1, -0.05) is 6.58 Å². The number of carbonyl (C=O) groups excluding carboxylic acids is 1. The number of carboxylic acid groups (broad SMARTS) is 2. The minimum atomic E-state index is -1.13. The Bertz CT molecular complexity index is 400. The summed E-state index contributed by atoms with van der Waals surface area (Å²) in [7, 11) is 0. The van der Waals surface area contributed by atoms with Gasteiger partial charge in [0.1, 0.15) is 6.61 Å². The largest absolute Gasteiger partial charge is 0.481 e. The second-order valence-electron chi connectivity index (χ2n) is 4.84. The summed E-state index contributed by atoms with van der Waals surface area (Å²) in [5.41, 5.74) is 0.383. The summed E-state index contributed by atoms with van der Waals surface area (Å²) >= 11 is 0. The van der Waals surface area contributed by atoms with Crippen molar-refractivity contribution in [1.29, 1.82) is 0 Å². The zero-order valence-corrected chi connectivity index (χ0v) is 10.8. The van der Waals surface area contributed by atoms with Crippen LogP contribution in [0.3, 0.4) is 0 Å². The van der Waals surface area contributed by atoms with Crippen LogP contribution in [0.15, 0.2) is 12.2 Å². The maximum atomic E-state index is 11.3. The highest BCUT2D eigenvalue weighted by Gasteiger charge is 2.39. The Balaban J connectivity index is 2.57. The number of ether oxygens (including phenoxy) is 1. The van der Waals surface area contributed by atoms with E-state index >= 15 is 0 Å². The van der Waals surface area contributed by atoms with Crippen molar-refractivity contribution < 1.29 is 29.3 Å². The molecule has 0 heterocycles. The average Bonchev–Trinajstić information content (AvgIpc) is 2.35. The summed E-state index contributed by atoms with van der Waals surface area (Å²) < 4.78 is 5.35. The van der Waals surface area contributed by atoms with Crippen molar-refractivity contribution in [2.75, 3.05) is 6.61 Å². The topological polar surface area (TPSA) is 101 Å². The Kier molecular flexibility index (Phi) is 5.23. The molecule has 0 saturated heterocycles. The molecule has 1 fully saturated rings. The van der Waals surface area contributed by atoms with Gasteiger partial charge in [0.25, 0.3) is 0 Å². The second-order valence-corrected chi connectivity index (χ2v) is 4.84. The number of aliphatic carboxylic acids is 2. The lowest BCUT2D eigenvalue weighted by molar-refractivity contribution is -0.159. The van der Waals surface area contributed by atoms with Gasteiger partial charge in [0.2, 0.25) is 0 Å². The molecular weight excluding hydrogens is 252 g/mol.